The molecule has 2 aromatic heterocycles. The highest BCUT2D eigenvalue weighted by atomic mass is 32.2. The first kappa shape index (κ1) is 19.0. The predicted octanol–water partition coefficient (Wildman–Crippen LogP) is 3.12. The number of hydrogen-bond acceptors (Lipinski definition) is 6. The molecular formula is C18H16F3N4O2S. The van der Waals surface area contributed by atoms with Crippen LogP contribution in [0.1, 0.15) is 6.42 Å². The standard InChI is InChI=1S/C18H16F3N4O2S/c19-18(20,21)28-11-3-1-2-10(8-11)13-9-16-22-7-6-15(25(16)24-13)23-12-4-5-14(26)17(12)27/h1-3,5-9,12,14,17,23,26-27H,4H2/t12-,14-,17+/m1/s1. The molecule has 4 rings (SSSR count). The molecule has 0 saturated heterocycles. The van der Waals surface area contributed by atoms with E-state index in [-0.39, 0.29) is 22.7 Å². The molecule has 147 valence electrons. The van der Waals surface area contributed by atoms with Gasteiger partial charge in [0.05, 0.1) is 17.8 Å². The van der Waals surface area contributed by atoms with Crippen LogP contribution in [0.5, 0.6) is 0 Å². The van der Waals surface area contributed by atoms with Crippen LogP contribution in [0.25, 0.3) is 16.9 Å². The number of halogens is 3. The second-order valence-electron chi connectivity index (χ2n) is 6.41. The molecule has 28 heavy (non-hydrogen) atoms. The van der Waals surface area contributed by atoms with Gasteiger partial charge in [0.1, 0.15) is 11.9 Å². The summed E-state index contributed by atoms with van der Waals surface area (Å²) in [5, 5.41) is 27.3. The highest BCUT2D eigenvalue weighted by molar-refractivity contribution is 8.00. The molecule has 10 heteroatoms. The van der Waals surface area contributed by atoms with Gasteiger partial charge in [0, 0.05) is 22.7 Å². The van der Waals surface area contributed by atoms with E-state index in [0.717, 1.165) is 0 Å². The largest absolute Gasteiger partial charge is 0.446 e. The minimum atomic E-state index is -4.36. The monoisotopic (exact) mass is 409 g/mol. The Balaban J connectivity index is 1.65. The minimum Gasteiger partial charge on any atom is -0.390 e. The molecule has 3 N–H and O–H groups in total. The Morgan fingerprint density at radius 3 is 2.71 bits per heavy atom. The predicted molar refractivity (Wildman–Crippen MR) is 98.7 cm³/mol. The van der Waals surface area contributed by atoms with Gasteiger partial charge in [-0.3, -0.25) is 0 Å². The Bertz CT molecular complexity index is 994. The highest BCUT2D eigenvalue weighted by Crippen LogP contribution is 2.38. The van der Waals surface area contributed by atoms with Crippen LogP contribution in [-0.2, 0) is 0 Å². The Morgan fingerprint density at radius 1 is 1.18 bits per heavy atom. The number of fused-ring (bicyclic) bond motifs is 1. The maximum absolute atomic E-state index is 12.6. The van der Waals surface area contributed by atoms with Crippen LogP contribution in [0.15, 0.2) is 47.5 Å². The maximum atomic E-state index is 12.6. The van der Waals surface area contributed by atoms with Crippen LogP contribution in [0, 0.1) is 6.42 Å². The first-order valence-corrected chi connectivity index (χ1v) is 9.29. The van der Waals surface area contributed by atoms with Gasteiger partial charge in [0.2, 0.25) is 0 Å². The average Bonchev–Trinajstić information content (AvgIpc) is 3.20. The number of nitrogens with one attached hydrogen (secondary N) is 1. The van der Waals surface area contributed by atoms with E-state index in [4.69, 9.17) is 0 Å². The van der Waals surface area contributed by atoms with Gasteiger partial charge in [-0.05, 0) is 42.8 Å². The number of nitrogens with zero attached hydrogens (tertiary/aromatic N) is 3. The lowest BCUT2D eigenvalue weighted by Gasteiger charge is -2.19. The van der Waals surface area contributed by atoms with Crippen molar-refractivity contribution in [2.24, 2.45) is 0 Å². The summed E-state index contributed by atoms with van der Waals surface area (Å²) in [5.41, 5.74) is -2.84. The van der Waals surface area contributed by atoms with E-state index >= 15 is 0 Å². The molecule has 0 spiro atoms. The van der Waals surface area contributed by atoms with Crippen molar-refractivity contribution in [1.82, 2.24) is 14.6 Å². The van der Waals surface area contributed by atoms with Crippen molar-refractivity contribution in [3.8, 4) is 11.3 Å². The van der Waals surface area contributed by atoms with Gasteiger partial charge in [0.25, 0.3) is 0 Å². The molecule has 1 aliphatic rings. The molecule has 0 bridgehead atoms. The Hall–Kier alpha value is -2.30. The lowest BCUT2D eigenvalue weighted by molar-refractivity contribution is -0.0328. The lowest BCUT2D eigenvalue weighted by Crippen LogP contribution is -2.34. The second-order valence-corrected chi connectivity index (χ2v) is 7.55. The van der Waals surface area contributed by atoms with Gasteiger partial charge >= 0.3 is 5.51 Å². The number of benzene rings is 1. The molecule has 1 aromatic carbocycles. The van der Waals surface area contributed by atoms with Gasteiger partial charge in [-0.15, -0.1) is 0 Å². The zero-order valence-corrected chi connectivity index (χ0v) is 15.2. The summed E-state index contributed by atoms with van der Waals surface area (Å²) in [6.45, 7) is 0. The van der Waals surface area contributed by atoms with Crippen molar-refractivity contribution < 1.29 is 23.4 Å². The normalized spacial score (nSPS) is 22.7. The molecule has 1 aliphatic carbocycles. The third-order valence-corrected chi connectivity index (χ3v) is 5.17. The number of alkyl halides is 3. The number of aliphatic hydroxyl groups excluding tert-OH is 2. The molecular weight excluding hydrogens is 393 g/mol. The van der Waals surface area contributed by atoms with E-state index in [1.54, 1.807) is 36.9 Å². The topological polar surface area (TPSA) is 82.7 Å². The summed E-state index contributed by atoms with van der Waals surface area (Å²) < 4.78 is 39.4. The first-order valence-electron chi connectivity index (χ1n) is 8.47. The molecule has 0 aliphatic heterocycles. The van der Waals surface area contributed by atoms with Crippen molar-refractivity contribution in [1.29, 1.82) is 0 Å². The van der Waals surface area contributed by atoms with E-state index in [2.05, 4.69) is 15.4 Å². The van der Waals surface area contributed by atoms with Gasteiger partial charge in [-0.2, -0.15) is 22.8 Å². The zero-order chi connectivity index (χ0) is 19.9. The van der Waals surface area contributed by atoms with Gasteiger partial charge in [-0.25, -0.2) is 4.98 Å². The number of rotatable bonds is 4. The van der Waals surface area contributed by atoms with Crippen LogP contribution < -0.4 is 5.32 Å². The summed E-state index contributed by atoms with van der Waals surface area (Å²) in [6.07, 6.45) is 1.85. The highest BCUT2D eigenvalue weighted by Gasteiger charge is 2.34. The number of hydrogen-bond donors (Lipinski definition) is 3. The molecule has 6 nitrogen and oxygen atoms in total. The van der Waals surface area contributed by atoms with Crippen molar-refractivity contribution in [3.05, 3.63) is 49.0 Å². The van der Waals surface area contributed by atoms with E-state index in [9.17, 15) is 23.4 Å². The molecule has 1 radical (unpaired) electrons. The summed E-state index contributed by atoms with van der Waals surface area (Å²) in [5.74, 6) is 0.559. The number of thioether (sulfide) groups is 1. The van der Waals surface area contributed by atoms with Gasteiger partial charge < -0.3 is 15.5 Å². The van der Waals surface area contributed by atoms with Gasteiger partial charge in [0.15, 0.2) is 5.65 Å². The SMILES string of the molecule is O[C@@H]1[C@H](O)[CH]C[C@H]1Nc1ccnc2cc(-c3cccc(SC(F)(F)F)c3)nn12. The van der Waals surface area contributed by atoms with Crippen LogP contribution in [-0.4, -0.2) is 48.6 Å². The van der Waals surface area contributed by atoms with Crippen LogP contribution in [0.4, 0.5) is 19.0 Å². The molecule has 0 amide bonds. The Morgan fingerprint density at radius 2 is 2.00 bits per heavy atom. The van der Waals surface area contributed by atoms with Crippen molar-refractivity contribution >= 4 is 23.2 Å². The molecule has 1 fully saturated rings. The Kier molecular flexibility index (Phi) is 4.94. The fourth-order valence-corrected chi connectivity index (χ4v) is 3.74. The minimum absolute atomic E-state index is 0.0759. The van der Waals surface area contributed by atoms with Crippen LogP contribution in [0.2, 0.25) is 0 Å². The number of aromatic nitrogens is 3. The van der Waals surface area contributed by atoms with Crippen LogP contribution in [0.3, 0.4) is 0 Å². The molecule has 3 atom stereocenters. The average molecular weight is 409 g/mol. The molecule has 0 unspecified atom stereocenters. The van der Waals surface area contributed by atoms with E-state index < -0.39 is 17.7 Å². The lowest BCUT2D eigenvalue weighted by atomic mass is 10.1. The zero-order valence-electron chi connectivity index (χ0n) is 14.3. The summed E-state index contributed by atoms with van der Waals surface area (Å²) in [7, 11) is 0. The van der Waals surface area contributed by atoms with Crippen LogP contribution >= 0.6 is 11.8 Å². The fourth-order valence-electron chi connectivity index (χ4n) is 3.14. The first-order chi connectivity index (χ1) is 13.3. The van der Waals surface area contributed by atoms with E-state index in [0.29, 0.717) is 29.1 Å². The summed E-state index contributed by atoms with van der Waals surface area (Å²) in [4.78, 5) is 4.31. The third-order valence-electron chi connectivity index (χ3n) is 4.45. The number of aliphatic hydroxyl groups is 2. The van der Waals surface area contributed by atoms with Crippen molar-refractivity contribution in [2.45, 2.75) is 35.1 Å². The molecule has 2 heterocycles. The van der Waals surface area contributed by atoms with Crippen molar-refractivity contribution in [2.75, 3.05) is 5.32 Å². The molecule has 1 saturated carbocycles. The Labute approximate surface area is 162 Å². The maximum Gasteiger partial charge on any atom is 0.446 e. The molecule has 3 aromatic rings. The third kappa shape index (κ3) is 3.94. The summed E-state index contributed by atoms with van der Waals surface area (Å²) in [6, 6.07) is 9.03. The van der Waals surface area contributed by atoms with Gasteiger partial charge in [-0.1, -0.05) is 12.1 Å². The fraction of sp³-hybridized carbons (Fsp3) is 0.278. The quantitative estimate of drug-likeness (QED) is 0.575. The van der Waals surface area contributed by atoms with Crippen molar-refractivity contribution in [3.63, 3.8) is 0 Å². The van der Waals surface area contributed by atoms with E-state index in [1.807, 2.05) is 0 Å². The number of anilines is 1. The summed E-state index contributed by atoms with van der Waals surface area (Å²) >= 11 is -0.176. The second kappa shape index (κ2) is 7.26. The van der Waals surface area contributed by atoms with E-state index in [1.165, 1.54) is 16.6 Å². The smallest absolute Gasteiger partial charge is 0.390 e.